The first-order valence-electron chi connectivity index (χ1n) is 38.5. The highest BCUT2D eigenvalue weighted by Gasteiger charge is 2.47. The van der Waals surface area contributed by atoms with E-state index in [1.165, 1.54) is 12.8 Å². The minimum Gasteiger partial charge on any atom is -0.544 e. The number of carbonyl (C=O) groups is 4. The number of alkyl halides is 1. The highest BCUT2D eigenvalue weighted by molar-refractivity contribution is 6.75. The fourth-order valence-electron chi connectivity index (χ4n) is 14.4. The van der Waals surface area contributed by atoms with E-state index in [-0.39, 0.29) is 58.2 Å². The third-order valence-electron chi connectivity index (χ3n) is 23.0. The molecule has 0 spiro atoms. The van der Waals surface area contributed by atoms with Crippen LogP contribution in [0.2, 0.25) is 36.3 Å². The van der Waals surface area contributed by atoms with Gasteiger partial charge in [-0.3, -0.25) is 23.6 Å². The number of rotatable bonds is 23. The number of hydrogen-bond donors (Lipinski definition) is 5. The number of halogens is 1. The first kappa shape index (κ1) is 83.1. The quantitative estimate of drug-likeness (QED) is 0.0298. The smallest absolute Gasteiger partial charge is 0.319 e. The third-order valence-corrected chi connectivity index (χ3v) is 31.8. The van der Waals surface area contributed by atoms with Crippen molar-refractivity contribution in [3.05, 3.63) is 263 Å². The standard InChI is InChI=1S/C29H41NO3Si.C24H29NO4.C21H28O3Si.C15H14O3.CH3F/c1-29(2,3)34(5,6)33-25-16-12-21(13-17-25)18-27(22-10-8-7-9-11-22)28(31)32-26-19-23-14-15-24(20-26)30(23)4;1-25-19-9-10-20(25)14-22(13-19)29-23(28)24(16-26,18-5-3-2-4-6-18)15-17-7-11-21(27)12-8-17;1-21(2,3)25(4,5)24-18-13-11-16(12-14-18)15-19(20(22)23)17-9-7-6-8-10-17;16-13-8-6-11(7-9-13)10-14(15(17)18)12-4-2-1-3-5-12;1-2/h7-13,16-17,23-24,26-27H,14-15,18-20H2,1-6H3;2-8,11-12,19-20,22,26-27H,9-10,13-16H2,1H3;6-14,19H,15H2,1-5H3,(H,22,23);1-9,14,16H,10H2,(H,17,18);1H3/i;;;;1D. The zero-order chi connectivity index (χ0) is 79.3. The Morgan fingerprint density at radius 1 is 0.463 bits per heavy atom. The zero-order valence-corrected chi connectivity index (χ0v) is 67.2. The predicted octanol–water partition coefficient (Wildman–Crippen LogP) is 18.5. The molecule has 4 saturated heterocycles. The second-order valence-electron chi connectivity index (χ2n) is 32.4. The van der Waals surface area contributed by atoms with Gasteiger partial charge in [0.15, 0.2) is 0 Å². The topological polar surface area (TPSA) is 213 Å². The maximum Gasteiger partial charge on any atom is 0.319 e. The maximum absolute atomic E-state index is 13.5. The lowest BCUT2D eigenvalue weighted by Crippen LogP contribution is -2.48. The van der Waals surface area contributed by atoms with Crippen LogP contribution in [0.4, 0.5) is 4.39 Å². The number of hydrogen-bond acceptors (Lipinski definition) is 13. The summed E-state index contributed by atoms with van der Waals surface area (Å²) in [5.41, 5.74) is 6.10. The fourth-order valence-corrected chi connectivity index (χ4v) is 16.4. The first-order chi connectivity index (χ1) is 51.7. The van der Waals surface area contributed by atoms with Crippen LogP contribution in [0.25, 0.3) is 0 Å². The SMILES string of the molecule is CC(C)(C)[Si](C)(C)Oc1ccc(CC(C(=O)O)c2ccccc2)cc1.CN1C2CCC1CC(OC(=O)C(CO)(Cc1ccc(O)cc1)c1ccccc1)C2.CN1C2CCC1CC(OC(=O)C(Cc1ccc(O[Si](C)(C)C(C)(C)C)cc1)c1ccccc1)C2.O=C(O)C(Cc1ccc(O)cc1)c1ccccc1.[2H]CF. The number of aliphatic hydroxyl groups is 1. The van der Waals surface area contributed by atoms with E-state index in [0.29, 0.717) is 49.9 Å². The number of phenols is 2. The Bertz CT molecular complexity index is 4090. The molecule has 4 aliphatic heterocycles. The molecular weight excluding hydrogens is 1390 g/mol. The molecular formula is C90H115FN2O13Si2. The molecule has 0 saturated carbocycles. The molecule has 5 N–H and O–H groups in total. The van der Waals surface area contributed by atoms with E-state index >= 15 is 0 Å². The number of piperidine rings is 2. The molecule has 12 rings (SSSR count). The van der Waals surface area contributed by atoms with Gasteiger partial charge < -0.3 is 53.7 Å². The van der Waals surface area contributed by atoms with Crippen molar-refractivity contribution < 1.29 is 68.8 Å². The second-order valence-corrected chi connectivity index (χ2v) is 41.9. The van der Waals surface area contributed by atoms with Crippen LogP contribution < -0.4 is 8.85 Å². The number of aliphatic hydroxyl groups excluding tert-OH is 1. The molecule has 578 valence electrons. The average Bonchev–Trinajstić information content (AvgIpc) is 1.47. The van der Waals surface area contributed by atoms with E-state index in [9.17, 15) is 49.1 Å². The van der Waals surface area contributed by atoms with Crippen molar-refractivity contribution >= 4 is 40.5 Å². The number of esters is 2. The number of carboxylic acids is 2. The summed E-state index contributed by atoms with van der Waals surface area (Å²) < 4.78 is 40.4. The van der Waals surface area contributed by atoms with E-state index in [4.69, 9.17) is 19.7 Å². The molecule has 15 nitrogen and oxygen atoms in total. The molecule has 8 atom stereocenters. The van der Waals surface area contributed by atoms with Crippen LogP contribution in [0, 0.1) is 0 Å². The number of aliphatic carboxylic acids is 2. The largest absolute Gasteiger partial charge is 0.544 e. The van der Waals surface area contributed by atoms with Crippen LogP contribution >= 0.6 is 0 Å². The van der Waals surface area contributed by atoms with Gasteiger partial charge in [-0.25, -0.2) is 0 Å². The van der Waals surface area contributed by atoms with Crippen molar-refractivity contribution in [3.8, 4) is 23.0 Å². The van der Waals surface area contributed by atoms with Crippen molar-refractivity contribution in [3.63, 3.8) is 0 Å². The molecule has 8 unspecified atom stereocenters. The molecule has 0 aliphatic carbocycles. The third kappa shape index (κ3) is 23.1. The van der Waals surface area contributed by atoms with Gasteiger partial charge in [0.1, 0.15) is 40.6 Å². The molecule has 0 radical (unpaired) electrons. The lowest BCUT2D eigenvalue weighted by atomic mass is 9.76. The van der Waals surface area contributed by atoms with Gasteiger partial charge in [0.25, 0.3) is 0 Å². The minimum atomic E-state index is -1.88. The number of carbonyl (C=O) groups excluding carboxylic acids is 2. The summed E-state index contributed by atoms with van der Waals surface area (Å²) in [6, 6.07) is 69.6. The van der Waals surface area contributed by atoms with Crippen molar-refractivity contribution in [1.82, 2.24) is 9.80 Å². The van der Waals surface area contributed by atoms with Gasteiger partial charge in [-0.15, -0.1) is 0 Å². The number of ether oxygens (including phenoxy) is 2. The molecule has 0 aromatic heterocycles. The van der Waals surface area contributed by atoms with Crippen molar-refractivity contribution in [2.75, 3.05) is 27.9 Å². The Kier molecular flexibility index (Phi) is 29.6. The Balaban J connectivity index is 0.000000184. The van der Waals surface area contributed by atoms with E-state index in [2.05, 4.69) is 116 Å². The molecule has 4 aliphatic rings. The molecule has 8 aromatic rings. The van der Waals surface area contributed by atoms with Gasteiger partial charge in [0.2, 0.25) is 16.6 Å². The number of benzene rings is 8. The number of phenolic OH excluding ortho intramolecular Hbond substituents is 2. The molecule has 8 aromatic carbocycles. The van der Waals surface area contributed by atoms with Gasteiger partial charge in [-0.2, -0.15) is 0 Å². The van der Waals surface area contributed by atoms with Crippen LogP contribution in [0.15, 0.2) is 218 Å². The normalized spacial score (nSPS) is 19.8. The van der Waals surface area contributed by atoms with E-state index in [1.54, 1.807) is 48.5 Å². The molecule has 108 heavy (non-hydrogen) atoms. The van der Waals surface area contributed by atoms with Crippen LogP contribution in [0.1, 0.15) is 157 Å². The van der Waals surface area contributed by atoms with Crippen LogP contribution in [-0.2, 0) is 59.8 Å². The lowest BCUT2D eigenvalue weighted by molar-refractivity contribution is -0.161. The summed E-state index contributed by atoms with van der Waals surface area (Å²) in [5, 5.41) is 48.4. The molecule has 4 heterocycles. The summed E-state index contributed by atoms with van der Waals surface area (Å²) in [6.45, 7) is 22.0. The van der Waals surface area contributed by atoms with E-state index in [0.717, 1.165) is 94.5 Å². The first-order valence-corrected chi connectivity index (χ1v) is 43.6. The van der Waals surface area contributed by atoms with Gasteiger partial charge in [-0.05, 0) is 220 Å². The Labute approximate surface area is 643 Å². The zero-order valence-electron chi connectivity index (χ0n) is 66.2. The molecule has 4 bridgehead atoms. The van der Waals surface area contributed by atoms with E-state index in [1.807, 2.05) is 146 Å². The molecule has 4 fully saturated rings. The van der Waals surface area contributed by atoms with Gasteiger partial charge in [0, 0.05) is 24.2 Å². The Morgan fingerprint density at radius 3 is 1.08 bits per heavy atom. The number of aromatic hydroxyl groups is 2. The van der Waals surface area contributed by atoms with Crippen LogP contribution in [0.5, 0.6) is 23.0 Å². The summed E-state index contributed by atoms with van der Waals surface area (Å²) in [7, 11) is -0.365. The summed E-state index contributed by atoms with van der Waals surface area (Å²) >= 11 is 0. The van der Waals surface area contributed by atoms with Crippen molar-refractivity contribution in [1.29, 1.82) is 0 Å². The fraction of sp³-hybridized carbons (Fsp3) is 0.422. The average molecular weight is 1510 g/mol. The van der Waals surface area contributed by atoms with Crippen molar-refractivity contribution in [2.45, 2.75) is 214 Å². The monoisotopic (exact) mass is 1510 g/mol. The summed E-state index contributed by atoms with van der Waals surface area (Å²) in [6.07, 6.45) is 10.1. The van der Waals surface area contributed by atoms with Crippen LogP contribution in [-0.4, -0.2) is 140 Å². The van der Waals surface area contributed by atoms with Crippen LogP contribution in [0.3, 0.4) is 0 Å². The minimum absolute atomic E-state index is 0.0350. The highest BCUT2D eigenvalue weighted by atomic mass is 28.4. The van der Waals surface area contributed by atoms with E-state index < -0.39 is 53.0 Å². The number of nitrogens with zero attached hydrogens (tertiary/aromatic N) is 2. The van der Waals surface area contributed by atoms with Gasteiger partial charge in [-0.1, -0.05) is 211 Å². The Hall–Kier alpha value is -8.92. The van der Waals surface area contributed by atoms with Gasteiger partial charge >= 0.3 is 23.9 Å². The Morgan fingerprint density at radius 2 is 0.759 bits per heavy atom. The molecule has 18 heteroatoms. The maximum atomic E-state index is 13.5. The summed E-state index contributed by atoms with van der Waals surface area (Å²) in [4.78, 5) is 54.8. The lowest BCUT2D eigenvalue weighted by Gasteiger charge is -2.38. The summed E-state index contributed by atoms with van der Waals surface area (Å²) in [5.74, 6) is -1.36. The molecule has 0 amide bonds. The highest BCUT2D eigenvalue weighted by Crippen LogP contribution is 2.42. The van der Waals surface area contributed by atoms with Gasteiger partial charge in [0.05, 0.1) is 32.9 Å². The number of carboxylic acid groups (broad SMARTS) is 2. The van der Waals surface area contributed by atoms with Crippen molar-refractivity contribution in [2.24, 2.45) is 0 Å². The second kappa shape index (κ2) is 38.4. The number of fused-ring (bicyclic) bond motifs is 4. The predicted molar refractivity (Wildman–Crippen MR) is 432 cm³/mol.